The number of unbranched alkanes of at least 4 members (excludes halogenated alkanes) is 1. The Hall–Kier alpha value is -1.56. The number of hydrogen-bond acceptors (Lipinski definition) is 2. The van der Waals surface area contributed by atoms with Crippen LogP contribution in [0.15, 0.2) is 30.3 Å². The zero-order chi connectivity index (χ0) is 14.5. The SMILES string of the molecule is CCCCOC(C(N)=O)(c1ccccc1)C(F)(F)F. The van der Waals surface area contributed by atoms with E-state index in [0.29, 0.717) is 12.8 Å². The van der Waals surface area contributed by atoms with E-state index in [-0.39, 0.29) is 12.2 Å². The average molecular weight is 275 g/mol. The first-order valence-electron chi connectivity index (χ1n) is 5.92. The van der Waals surface area contributed by atoms with Gasteiger partial charge in [-0.2, -0.15) is 13.2 Å². The lowest BCUT2D eigenvalue weighted by atomic mass is 9.92. The topological polar surface area (TPSA) is 52.3 Å². The van der Waals surface area contributed by atoms with Crippen LogP contribution in [0.4, 0.5) is 13.2 Å². The number of rotatable bonds is 6. The molecular formula is C13H16F3NO2. The monoisotopic (exact) mass is 275 g/mol. The molecule has 0 spiro atoms. The molecule has 0 fully saturated rings. The van der Waals surface area contributed by atoms with Crippen LogP contribution in [0.1, 0.15) is 25.3 Å². The number of amides is 1. The molecule has 0 saturated carbocycles. The Kier molecular flexibility index (Phi) is 4.94. The summed E-state index contributed by atoms with van der Waals surface area (Å²) < 4.78 is 44.8. The van der Waals surface area contributed by atoms with E-state index in [1.807, 2.05) is 6.92 Å². The molecule has 19 heavy (non-hydrogen) atoms. The summed E-state index contributed by atoms with van der Waals surface area (Å²) in [4.78, 5) is 11.4. The molecule has 0 radical (unpaired) electrons. The number of benzene rings is 1. The zero-order valence-corrected chi connectivity index (χ0v) is 10.5. The summed E-state index contributed by atoms with van der Waals surface area (Å²) >= 11 is 0. The molecule has 0 aliphatic rings. The van der Waals surface area contributed by atoms with Crippen LogP contribution >= 0.6 is 0 Å². The summed E-state index contributed by atoms with van der Waals surface area (Å²) in [5, 5.41) is 0. The Morgan fingerprint density at radius 3 is 2.26 bits per heavy atom. The van der Waals surface area contributed by atoms with E-state index in [0.717, 1.165) is 0 Å². The maximum atomic E-state index is 13.3. The number of carbonyl (C=O) groups is 1. The molecule has 0 aliphatic heterocycles. The van der Waals surface area contributed by atoms with E-state index in [4.69, 9.17) is 10.5 Å². The second kappa shape index (κ2) is 6.06. The van der Waals surface area contributed by atoms with Gasteiger partial charge >= 0.3 is 6.18 Å². The molecule has 0 aliphatic carbocycles. The molecular weight excluding hydrogens is 259 g/mol. The van der Waals surface area contributed by atoms with Crippen LogP contribution < -0.4 is 5.73 Å². The van der Waals surface area contributed by atoms with Gasteiger partial charge in [-0.1, -0.05) is 43.7 Å². The average Bonchev–Trinajstić information content (AvgIpc) is 2.34. The highest BCUT2D eigenvalue weighted by Gasteiger charge is 2.62. The molecule has 2 N–H and O–H groups in total. The van der Waals surface area contributed by atoms with Crippen molar-refractivity contribution in [2.45, 2.75) is 31.5 Å². The van der Waals surface area contributed by atoms with Crippen molar-refractivity contribution in [1.29, 1.82) is 0 Å². The fourth-order valence-corrected chi connectivity index (χ4v) is 1.72. The Morgan fingerprint density at radius 2 is 1.84 bits per heavy atom. The van der Waals surface area contributed by atoms with Crippen LogP contribution in [0.25, 0.3) is 0 Å². The third-order valence-corrected chi connectivity index (χ3v) is 2.74. The first kappa shape index (κ1) is 15.5. The van der Waals surface area contributed by atoms with Gasteiger partial charge in [-0.05, 0) is 6.42 Å². The fourth-order valence-electron chi connectivity index (χ4n) is 1.72. The lowest BCUT2D eigenvalue weighted by Crippen LogP contribution is -2.54. The van der Waals surface area contributed by atoms with Crippen molar-refractivity contribution in [3.05, 3.63) is 35.9 Å². The molecule has 1 unspecified atom stereocenters. The minimum atomic E-state index is -4.91. The third kappa shape index (κ3) is 3.07. The number of nitrogens with two attached hydrogens (primary N) is 1. The van der Waals surface area contributed by atoms with Gasteiger partial charge in [0.1, 0.15) is 0 Å². The van der Waals surface area contributed by atoms with Crippen LogP contribution in [0.3, 0.4) is 0 Å². The number of ether oxygens (including phenoxy) is 1. The van der Waals surface area contributed by atoms with Gasteiger partial charge in [0.25, 0.3) is 11.5 Å². The molecule has 1 rings (SSSR count). The number of primary amides is 1. The predicted octanol–water partition coefficient (Wildman–Crippen LogP) is 2.75. The molecule has 0 heterocycles. The van der Waals surface area contributed by atoms with Crippen molar-refractivity contribution in [2.75, 3.05) is 6.61 Å². The Morgan fingerprint density at radius 1 is 1.26 bits per heavy atom. The van der Waals surface area contributed by atoms with E-state index >= 15 is 0 Å². The molecule has 0 saturated heterocycles. The maximum Gasteiger partial charge on any atom is 0.430 e. The van der Waals surface area contributed by atoms with Crippen LogP contribution in [0.2, 0.25) is 0 Å². The van der Waals surface area contributed by atoms with Crippen LogP contribution in [-0.4, -0.2) is 18.7 Å². The van der Waals surface area contributed by atoms with E-state index in [1.165, 1.54) is 24.3 Å². The molecule has 106 valence electrons. The molecule has 1 aromatic rings. The van der Waals surface area contributed by atoms with Gasteiger partial charge in [-0.15, -0.1) is 0 Å². The normalized spacial score (nSPS) is 14.9. The zero-order valence-electron chi connectivity index (χ0n) is 10.5. The predicted molar refractivity (Wildman–Crippen MR) is 64.2 cm³/mol. The van der Waals surface area contributed by atoms with Crippen LogP contribution in [-0.2, 0) is 15.1 Å². The summed E-state index contributed by atoms with van der Waals surface area (Å²) in [5.74, 6) is -1.55. The number of hydrogen-bond donors (Lipinski definition) is 1. The summed E-state index contributed by atoms with van der Waals surface area (Å²) in [5.41, 5.74) is 1.61. The minimum Gasteiger partial charge on any atom is -0.367 e. The van der Waals surface area contributed by atoms with Crippen molar-refractivity contribution in [3.8, 4) is 0 Å². The first-order chi connectivity index (χ1) is 8.86. The van der Waals surface area contributed by atoms with Crippen LogP contribution in [0.5, 0.6) is 0 Å². The number of halogens is 3. The van der Waals surface area contributed by atoms with Gasteiger partial charge in [0.15, 0.2) is 0 Å². The van der Waals surface area contributed by atoms with Gasteiger partial charge in [-0.25, -0.2) is 0 Å². The maximum absolute atomic E-state index is 13.3. The molecule has 0 aromatic heterocycles. The van der Waals surface area contributed by atoms with Crippen molar-refractivity contribution < 1.29 is 22.7 Å². The molecule has 1 amide bonds. The van der Waals surface area contributed by atoms with Crippen molar-refractivity contribution >= 4 is 5.91 Å². The number of carbonyl (C=O) groups excluding carboxylic acids is 1. The van der Waals surface area contributed by atoms with E-state index in [9.17, 15) is 18.0 Å². The van der Waals surface area contributed by atoms with Gasteiger partial charge < -0.3 is 10.5 Å². The van der Waals surface area contributed by atoms with Gasteiger partial charge in [-0.3, -0.25) is 4.79 Å². The Labute approximate surface area is 109 Å². The third-order valence-electron chi connectivity index (χ3n) is 2.74. The number of alkyl halides is 3. The molecule has 1 aromatic carbocycles. The van der Waals surface area contributed by atoms with Gasteiger partial charge in [0, 0.05) is 12.2 Å². The summed E-state index contributed by atoms with van der Waals surface area (Å²) in [7, 11) is 0. The molecule has 0 bridgehead atoms. The second-order valence-electron chi connectivity index (χ2n) is 4.11. The summed E-state index contributed by atoms with van der Waals surface area (Å²) in [6.45, 7) is 1.62. The van der Waals surface area contributed by atoms with Crippen molar-refractivity contribution in [3.63, 3.8) is 0 Å². The fraction of sp³-hybridized carbons (Fsp3) is 0.462. The Balaban J connectivity index is 3.25. The molecule has 6 heteroatoms. The second-order valence-corrected chi connectivity index (χ2v) is 4.11. The Bertz CT molecular complexity index is 420. The largest absolute Gasteiger partial charge is 0.430 e. The summed E-state index contributed by atoms with van der Waals surface area (Å²) in [6, 6.07) is 6.73. The quantitative estimate of drug-likeness (QED) is 0.812. The van der Waals surface area contributed by atoms with Crippen molar-refractivity contribution in [1.82, 2.24) is 0 Å². The van der Waals surface area contributed by atoms with E-state index < -0.39 is 17.7 Å². The standard InChI is InChI=1S/C13H16F3NO2/c1-2-3-9-19-12(11(17)18,13(14,15)16)10-7-5-4-6-8-10/h4-8H,2-3,9H2,1H3,(H2,17,18). The first-order valence-corrected chi connectivity index (χ1v) is 5.92. The highest BCUT2D eigenvalue weighted by atomic mass is 19.4. The summed E-state index contributed by atoms with van der Waals surface area (Å²) in [6.07, 6.45) is -3.84. The van der Waals surface area contributed by atoms with Crippen LogP contribution in [0, 0.1) is 0 Å². The minimum absolute atomic E-state index is 0.187. The van der Waals surface area contributed by atoms with E-state index in [2.05, 4.69) is 0 Å². The smallest absolute Gasteiger partial charge is 0.367 e. The van der Waals surface area contributed by atoms with E-state index in [1.54, 1.807) is 6.07 Å². The lowest BCUT2D eigenvalue weighted by molar-refractivity contribution is -0.272. The lowest BCUT2D eigenvalue weighted by Gasteiger charge is -2.33. The van der Waals surface area contributed by atoms with Gasteiger partial charge in [0.2, 0.25) is 0 Å². The highest BCUT2D eigenvalue weighted by Crippen LogP contribution is 2.42. The van der Waals surface area contributed by atoms with Gasteiger partial charge in [0.05, 0.1) is 0 Å². The van der Waals surface area contributed by atoms with Crippen molar-refractivity contribution in [2.24, 2.45) is 5.73 Å². The molecule has 1 atom stereocenters. The molecule has 3 nitrogen and oxygen atoms in total. The highest BCUT2D eigenvalue weighted by molar-refractivity contribution is 5.86.